The summed E-state index contributed by atoms with van der Waals surface area (Å²) in [6.45, 7) is 0. The predicted octanol–water partition coefficient (Wildman–Crippen LogP) is 4.42. The largest absolute Gasteiger partial charge is 0.255 e. The molecule has 0 spiro atoms. The van der Waals surface area contributed by atoms with Gasteiger partial charge < -0.3 is 0 Å². The Morgan fingerprint density at radius 1 is 0.737 bits per heavy atom. The van der Waals surface area contributed by atoms with Gasteiger partial charge in [0.1, 0.15) is 0 Å². The van der Waals surface area contributed by atoms with Gasteiger partial charge in [-0.3, -0.25) is 4.98 Å². The van der Waals surface area contributed by atoms with E-state index in [0.29, 0.717) is 0 Å². The number of rotatable bonds is 2. The molecule has 2 heterocycles. The fourth-order valence-corrected chi connectivity index (χ4v) is 2.49. The van der Waals surface area contributed by atoms with Gasteiger partial charge >= 0.3 is 0 Å². The molecule has 2 nitrogen and oxygen atoms in total. The molecule has 0 N–H and O–H groups in total. The Bertz CT molecular complexity index is 624. The van der Waals surface area contributed by atoms with Crippen LogP contribution in [0.5, 0.6) is 0 Å². The first-order valence-electron chi connectivity index (χ1n) is 5.97. The molecule has 0 bridgehead atoms. The van der Waals surface area contributed by atoms with Crippen LogP contribution in [-0.4, -0.2) is 9.97 Å². The molecule has 0 saturated heterocycles. The van der Waals surface area contributed by atoms with E-state index in [2.05, 4.69) is 51.8 Å². The molecule has 3 aromatic rings. The molecular formula is C16H11IN2. The second-order valence-electron chi connectivity index (χ2n) is 4.14. The van der Waals surface area contributed by atoms with Crippen molar-refractivity contribution in [1.29, 1.82) is 0 Å². The Labute approximate surface area is 125 Å². The van der Waals surface area contributed by atoms with Crippen molar-refractivity contribution in [3.05, 3.63) is 70.4 Å². The maximum absolute atomic E-state index is 4.71. The third kappa shape index (κ3) is 2.81. The predicted molar refractivity (Wildman–Crippen MR) is 85.6 cm³/mol. The summed E-state index contributed by atoms with van der Waals surface area (Å²) in [5.74, 6) is 0. The van der Waals surface area contributed by atoms with E-state index < -0.39 is 0 Å². The lowest BCUT2D eigenvalue weighted by Crippen LogP contribution is -1.91. The molecule has 0 amide bonds. The number of aromatic nitrogens is 2. The molecule has 92 valence electrons. The fraction of sp³-hybridized carbons (Fsp3) is 0. The number of benzene rings is 1. The number of hydrogen-bond donors (Lipinski definition) is 0. The minimum Gasteiger partial charge on any atom is -0.255 e. The zero-order valence-electron chi connectivity index (χ0n) is 10.1. The Hall–Kier alpha value is -1.75. The Kier molecular flexibility index (Phi) is 3.55. The number of pyridine rings is 2. The molecule has 0 saturated carbocycles. The molecule has 1 aromatic carbocycles. The van der Waals surface area contributed by atoms with Crippen LogP contribution >= 0.6 is 22.6 Å². The van der Waals surface area contributed by atoms with Crippen molar-refractivity contribution in [2.75, 3.05) is 0 Å². The smallest absolute Gasteiger partial charge is 0.0904 e. The molecule has 0 aliphatic rings. The molecule has 0 aliphatic heterocycles. The van der Waals surface area contributed by atoms with Crippen LogP contribution in [0.2, 0.25) is 0 Å². The lowest BCUT2D eigenvalue weighted by molar-refractivity contribution is 1.24. The topological polar surface area (TPSA) is 25.8 Å². The first-order chi connectivity index (χ1) is 9.33. The van der Waals surface area contributed by atoms with Crippen molar-refractivity contribution < 1.29 is 0 Å². The van der Waals surface area contributed by atoms with Crippen molar-refractivity contribution in [3.8, 4) is 22.6 Å². The van der Waals surface area contributed by atoms with Crippen LogP contribution in [-0.2, 0) is 0 Å². The van der Waals surface area contributed by atoms with Crippen LogP contribution in [0.1, 0.15) is 0 Å². The highest BCUT2D eigenvalue weighted by molar-refractivity contribution is 14.1. The lowest BCUT2D eigenvalue weighted by atomic mass is 10.1. The van der Waals surface area contributed by atoms with Gasteiger partial charge in [0.05, 0.1) is 17.1 Å². The third-order valence-electron chi connectivity index (χ3n) is 2.79. The third-order valence-corrected chi connectivity index (χ3v) is 3.41. The quantitative estimate of drug-likeness (QED) is 0.634. The average molecular weight is 358 g/mol. The summed E-state index contributed by atoms with van der Waals surface area (Å²) in [4.78, 5) is 9.07. The SMILES string of the molecule is Ic1cc(-c2ccccc2)nc(-c2ccccn2)c1. The van der Waals surface area contributed by atoms with Gasteiger partial charge in [0.2, 0.25) is 0 Å². The van der Waals surface area contributed by atoms with E-state index in [4.69, 9.17) is 4.98 Å². The molecule has 0 radical (unpaired) electrons. The molecule has 2 aromatic heterocycles. The Balaban J connectivity index is 2.12. The lowest BCUT2D eigenvalue weighted by Gasteiger charge is -2.06. The highest BCUT2D eigenvalue weighted by Crippen LogP contribution is 2.24. The van der Waals surface area contributed by atoms with Gasteiger partial charge in [-0.05, 0) is 46.9 Å². The van der Waals surface area contributed by atoms with Crippen molar-refractivity contribution in [1.82, 2.24) is 9.97 Å². The van der Waals surface area contributed by atoms with E-state index in [-0.39, 0.29) is 0 Å². The van der Waals surface area contributed by atoms with Crippen molar-refractivity contribution in [2.45, 2.75) is 0 Å². The molecular weight excluding hydrogens is 347 g/mol. The number of hydrogen-bond acceptors (Lipinski definition) is 2. The summed E-state index contributed by atoms with van der Waals surface area (Å²) in [6, 6.07) is 20.2. The Morgan fingerprint density at radius 3 is 2.21 bits per heavy atom. The molecule has 0 fully saturated rings. The van der Waals surface area contributed by atoms with Crippen LogP contribution in [0.15, 0.2) is 66.9 Å². The standard InChI is InChI=1S/C16H11IN2/c17-13-10-15(12-6-2-1-3-7-12)19-16(11-13)14-8-4-5-9-18-14/h1-11H. The van der Waals surface area contributed by atoms with Crippen LogP contribution in [0.25, 0.3) is 22.6 Å². The van der Waals surface area contributed by atoms with E-state index in [1.165, 1.54) is 0 Å². The van der Waals surface area contributed by atoms with Crippen LogP contribution < -0.4 is 0 Å². The van der Waals surface area contributed by atoms with E-state index in [1.807, 2.05) is 36.4 Å². The van der Waals surface area contributed by atoms with Crippen LogP contribution in [0, 0.1) is 3.57 Å². The zero-order chi connectivity index (χ0) is 13.1. The first kappa shape index (κ1) is 12.3. The van der Waals surface area contributed by atoms with Crippen molar-refractivity contribution in [2.24, 2.45) is 0 Å². The first-order valence-corrected chi connectivity index (χ1v) is 7.05. The van der Waals surface area contributed by atoms with Gasteiger partial charge in [-0.15, -0.1) is 0 Å². The van der Waals surface area contributed by atoms with Gasteiger partial charge in [0.15, 0.2) is 0 Å². The summed E-state index contributed by atoms with van der Waals surface area (Å²) >= 11 is 2.32. The Morgan fingerprint density at radius 2 is 1.47 bits per heavy atom. The van der Waals surface area contributed by atoms with Gasteiger partial charge in [0, 0.05) is 15.3 Å². The highest BCUT2D eigenvalue weighted by Gasteiger charge is 2.06. The molecule has 3 rings (SSSR count). The van der Waals surface area contributed by atoms with E-state index in [0.717, 1.165) is 26.2 Å². The summed E-state index contributed by atoms with van der Waals surface area (Å²) in [5.41, 5.74) is 3.91. The second-order valence-corrected chi connectivity index (χ2v) is 5.38. The van der Waals surface area contributed by atoms with E-state index in [9.17, 15) is 0 Å². The second kappa shape index (κ2) is 5.48. The molecule has 0 unspecified atom stereocenters. The minimum absolute atomic E-state index is 0.901. The average Bonchev–Trinajstić information content (AvgIpc) is 2.48. The normalized spacial score (nSPS) is 10.4. The molecule has 0 atom stereocenters. The fourth-order valence-electron chi connectivity index (χ4n) is 1.90. The monoisotopic (exact) mass is 358 g/mol. The number of halogens is 1. The van der Waals surface area contributed by atoms with Gasteiger partial charge in [-0.25, -0.2) is 4.98 Å². The maximum atomic E-state index is 4.71. The van der Waals surface area contributed by atoms with E-state index >= 15 is 0 Å². The van der Waals surface area contributed by atoms with Crippen LogP contribution in [0.4, 0.5) is 0 Å². The van der Waals surface area contributed by atoms with Crippen molar-refractivity contribution >= 4 is 22.6 Å². The maximum Gasteiger partial charge on any atom is 0.0904 e. The molecule has 3 heteroatoms. The minimum atomic E-state index is 0.901. The van der Waals surface area contributed by atoms with Crippen LogP contribution in [0.3, 0.4) is 0 Å². The number of nitrogens with zero attached hydrogens (tertiary/aromatic N) is 2. The molecule has 0 aliphatic carbocycles. The summed E-state index contributed by atoms with van der Waals surface area (Å²) in [7, 11) is 0. The van der Waals surface area contributed by atoms with Gasteiger partial charge in [-0.2, -0.15) is 0 Å². The van der Waals surface area contributed by atoms with Gasteiger partial charge in [-0.1, -0.05) is 36.4 Å². The summed E-state index contributed by atoms with van der Waals surface area (Å²) in [6.07, 6.45) is 1.79. The highest BCUT2D eigenvalue weighted by atomic mass is 127. The molecule has 19 heavy (non-hydrogen) atoms. The zero-order valence-corrected chi connectivity index (χ0v) is 12.3. The van der Waals surface area contributed by atoms with Gasteiger partial charge in [0.25, 0.3) is 0 Å². The summed E-state index contributed by atoms with van der Waals surface area (Å²) in [5, 5.41) is 0. The summed E-state index contributed by atoms with van der Waals surface area (Å²) < 4.78 is 1.16. The van der Waals surface area contributed by atoms with Crippen molar-refractivity contribution in [3.63, 3.8) is 0 Å². The van der Waals surface area contributed by atoms with E-state index in [1.54, 1.807) is 6.20 Å².